The molecule has 0 N–H and O–H groups in total. The molecule has 2 aromatic rings. The van der Waals surface area contributed by atoms with Gasteiger partial charge in [0.2, 0.25) is 0 Å². The quantitative estimate of drug-likeness (QED) is 0.738. The molecule has 0 spiro atoms. The minimum absolute atomic E-state index is 1.05. The van der Waals surface area contributed by atoms with Gasteiger partial charge in [0.25, 0.3) is 0 Å². The number of halogens is 1. The summed E-state index contributed by atoms with van der Waals surface area (Å²) in [6.07, 6.45) is 0. The Hall–Kier alpha value is -0.870. The van der Waals surface area contributed by atoms with Gasteiger partial charge in [-0.25, -0.2) is 0 Å². The molecule has 0 aliphatic carbocycles. The minimum Gasteiger partial charge on any atom is -0.291 e. The number of nitrogens with zero attached hydrogens (tertiary/aromatic N) is 1. The van der Waals surface area contributed by atoms with Crippen molar-refractivity contribution >= 4 is 22.6 Å². The zero-order valence-corrected chi connectivity index (χ0v) is 12.6. The van der Waals surface area contributed by atoms with Crippen LogP contribution in [-0.2, 0) is 19.6 Å². The maximum Gasteiger partial charge on any atom is 0.0254 e. The smallest absolute Gasteiger partial charge is 0.0254 e. The molecule has 18 heavy (non-hydrogen) atoms. The molecule has 1 aliphatic heterocycles. The van der Waals surface area contributed by atoms with Crippen molar-refractivity contribution in [3.63, 3.8) is 0 Å². The van der Waals surface area contributed by atoms with E-state index in [1.54, 1.807) is 0 Å². The van der Waals surface area contributed by atoms with E-state index in [1.165, 1.54) is 25.8 Å². The summed E-state index contributed by atoms with van der Waals surface area (Å²) in [5.74, 6) is 0. The summed E-state index contributed by atoms with van der Waals surface area (Å²) < 4.78 is 1.40. The van der Waals surface area contributed by atoms with E-state index >= 15 is 0 Å². The normalized spacial score (nSPS) is 14.8. The van der Waals surface area contributed by atoms with Crippen LogP contribution in [0.15, 0.2) is 42.5 Å². The van der Waals surface area contributed by atoms with Gasteiger partial charge in [0.1, 0.15) is 0 Å². The molecule has 0 amide bonds. The molecule has 0 saturated carbocycles. The predicted molar refractivity (Wildman–Crippen MR) is 83.3 cm³/mol. The molecular weight excluding hydrogens is 333 g/mol. The van der Waals surface area contributed by atoms with E-state index in [0.29, 0.717) is 0 Å². The van der Waals surface area contributed by atoms with E-state index in [4.69, 9.17) is 0 Å². The van der Waals surface area contributed by atoms with Gasteiger partial charge < -0.3 is 0 Å². The molecule has 0 unspecified atom stereocenters. The summed E-state index contributed by atoms with van der Waals surface area (Å²) >= 11 is 2.44. The van der Waals surface area contributed by atoms with Crippen LogP contribution >= 0.6 is 22.6 Å². The van der Waals surface area contributed by atoms with Crippen molar-refractivity contribution in [2.75, 3.05) is 0 Å². The van der Waals surface area contributed by atoms with Crippen LogP contribution in [0.1, 0.15) is 22.3 Å². The van der Waals surface area contributed by atoms with Gasteiger partial charge in [-0.1, -0.05) is 42.0 Å². The van der Waals surface area contributed by atoms with Crippen molar-refractivity contribution in [3.05, 3.63) is 68.3 Å². The molecule has 0 radical (unpaired) electrons. The highest BCUT2D eigenvalue weighted by molar-refractivity contribution is 14.1. The van der Waals surface area contributed by atoms with Crippen LogP contribution in [0, 0.1) is 10.5 Å². The van der Waals surface area contributed by atoms with Crippen molar-refractivity contribution in [1.82, 2.24) is 4.90 Å². The molecule has 0 fully saturated rings. The summed E-state index contributed by atoms with van der Waals surface area (Å²) in [7, 11) is 0. The van der Waals surface area contributed by atoms with E-state index in [-0.39, 0.29) is 0 Å². The van der Waals surface area contributed by atoms with Gasteiger partial charge in [-0.2, -0.15) is 0 Å². The fourth-order valence-electron chi connectivity index (χ4n) is 2.51. The first-order chi connectivity index (χ1) is 8.72. The van der Waals surface area contributed by atoms with E-state index in [0.717, 1.165) is 19.6 Å². The second kappa shape index (κ2) is 5.02. The zero-order valence-electron chi connectivity index (χ0n) is 10.5. The third-order valence-corrected chi connectivity index (χ3v) is 4.53. The Bertz CT molecular complexity index is 560. The highest BCUT2D eigenvalue weighted by Gasteiger charge is 2.20. The molecule has 0 atom stereocenters. The molecule has 92 valence electrons. The molecule has 1 aliphatic rings. The van der Waals surface area contributed by atoms with Gasteiger partial charge in [-0.15, -0.1) is 0 Å². The first kappa shape index (κ1) is 12.2. The number of hydrogen-bond acceptors (Lipinski definition) is 1. The second-order valence-corrected chi connectivity index (χ2v) is 6.17. The van der Waals surface area contributed by atoms with Crippen LogP contribution in [-0.4, -0.2) is 4.90 Å². The van der Waals surface area contributed by atoms with Crippen molar-refractivity contribution in [3.8, 4) is 0 Å². The lowest BCUT2D eigenvalue weighted by atomic mass is 10.1. The maximum absolute atomic E-state index is 2.51. The molecule has 0 aromatic heterocycles. The maximum atomic E-state index is 2.51. The first-order valence-corrected chi connectivity index (χ1v) is 7.34. The monoisotopic (exact) mass is 349 g/mol. The first-order valence-electron chi connectivity index (χ1n) is 6.26. The lowest BCUT2D eigenvalue weighted by Crippen LogP contribution is -2.15. The summed E-state index contributed by atoms with van der Waals surface area (Å²) in [5.41, 5.74) is 5.75. The van der Waals surface area contributed by atoms with E-state index in [2.05, 4.69) is 76.9 Å². The van der Waals surface area contributed by atoms with Crippen LogP contribution in [0.4, 0.5) is 0 Å². The van der Waals surface area contributed by atoms with E-state index in [1.807, 2.05) is 0 Å². The Morgan fingerprint density at radius 1 is 1.06 bits per heavy atom. The van der Waals surface area contributed by atoms with Gasteiger partial charge in [0.15, 0.2) is 0 Å². The Labute approximate surface area is 122 Å². The van der Waals surface area contributed by atoms with Gasteiger partial charge in [0.05, 0.1) is 0 Å². The standard InChI is InChI=1S/C16H16IN/c1-12-5-7-13(8-6-12)9-18-10-14-3-2-4-16(17)15(14)11-18/h2-8H,9-11H2,1H3. The van der Waals surface area contributed by atoms with Crippen molar-refractivity contribution < 1.29 is 0 Å². The molecule has 0 saturated heterocycles. The van der Waals surface area contributed by atoms with Crippen LogP contribution < -0.4 is 0 Å². The van der Waals surface area contributed by atoms with E-state index in [9.17, 15) is 0 Å². The molecular formula is C16H16IN. The van der Waals surface area contributed by atoms with Crippen LogP contribution in [0.25, 0.3) is 0 Å². The highest BCUT2D eigenvalue weighted by atomic mass is 127. The topological polar surface area (TPSA) is 3.24 Å². The number of benzene rings is 2. The fourth-order valence-corrected chi connectivity index (χ4v) is 3.24. The SMILES string of the molecule is Cc1ccc(CN2Cc3cccc(I)c3C2)cc1. The minimum atomic E-state index is 1.05. The van der Waals surface area contributed by atoms with Gasteiger partial charge in [-0.3, -0.25) is 4.90 Å². The molecule has 2 aromatic carbocycles. The Balaban J connectivity index is 1.75. The lowest BCUT2D eigenvalue weighted by Gasteiger charge is -2.14. The largest absolute Gasteiger partial charge is 0.291 e. The Morgan fingerprint density at radius 2 is 1.83 bits per heavy atom. The molecule has 0 bridgehead atoms. The van der Waals surface area contributed by atoms with E-state index < -0.39 is 0 Å². The number of aryl methyl sites for hydroxylation is 1. The number of hydrogen-bond donors (Lipinski definition) is 0. The second-order valence-electron chi connectivity index (χ2n) is 5.01. The molecule has 1 heterocycles. The summed E-state index contributed by atoms with van der Waals surface area (Å²) in [5, 5.41) is 0. The van der Waals surface area contributed by atoms with Crippen LogP contribution in [0.3, 0.4) is 0 Å². The van der Waals surface area contributed by atoms with Gasteiger partial charge in [0, 0.05) is 23.2 Å². The van der Waals surface area contributed by atoms with Crippen LogP contribution in [0.2, 0.25) is 0 Å². The molecule has 2 heteroatoms. The molecule has 3 rings (SSSR count). The van der Waals surface area contributed by atoms with Gasteiger partial charge >= 0.3 is 0 Å². The van der Waals surface area contributed by atoms with Crippen molar-refractivity contribution in [2.45, 2.75) is 26.6 Å². The Kier molecular flexibility index (Phi) is 3.39. The Morgan fingerprint density at radius 3 is 2.56 bits per heavy atom. The number of fused-ring (bicyclic) bond motifs is 1. The summed E-state index contributed by atoms with van der Waals surface area (Å²) in [6, 6.07) is 15.5. The van der Waals surface area contributed by atoms with Crippen molar-refractivity contribution in [2.24, 2.45) is 0 Å². The number of rotatable bonds is 2. The van der Waals surface area contributed by atoms with Gasteiger partial charge in [-0.05, 0) is 52.3 Å². The zero-order chi connectivity index (χ0) is 12.5. The fraction of sp³-hybridized carbons (Fsp3) is 0.250. The third-order valence-electron chi connectivity index (χ3n) is 3.52. The average Bonchev–Trinajstić information content (AvgIpc) is 2.76. The summed E-state index contributed by atoms with van der Waals surface area (Å²) in [6.45, 7) is 5.35. The summed E-state index contributed by atoms with van der Waals surface area (Å²) in [4.78, 5) is 2.51. The highest BCUT2D eigenvalue weighted by Crippen LogP contribution is 2.28. The predicted octanol–water partition coefficient (Wildman–Crippen LogP) is 4.12. The lowest BCUT2D eigenvalue weighted by molar-refractivity contribution is 0.275. The van der Waals surface area contributed by atoms with Crippen LogP contribution in [0.5, 0.6) is 0 Å². The molecule has 1 nitrogen and oxygen atoms in total. The van der Waals surface area contributed by atoms with Crippen molar-refractivity contribution in [1.29, 1.82) is 0 Å². The average molecular weight is 349 g/mol. The third kappa shape index (κ3) is 2.45.